The number of carbonyl (C=O) groups is 1. The molecule has 1 heterocycles. The van der Waals surface area contributed by atoms with Crippen molar-refractivity contribution in [3.05, 3.63) is 23.8 Å². The topological polar surface area (TPSA) is 41.1 Å². The largest absolute Gasteiger partial charge is 0.383 e. The molecule has 3 rings (SSSR count). The second-order valence-electron chi connectivity index (χ2n) is 5.77. The Kier molecular flexibility index (Phi) is 3.72. The molecule has 0 aromatic heterocycles. The van der Waals surface area contributed by atoms with Gasteiger partial charge in [0, 0.05) is 13.0 Å². The number of amides is 1. The predicted octanol–water partition coefficient (Wildman–Crippen LogP) is 3.56. The van der Waals surface area contributed by atoms with E-state index >= 15 is 0 Å². The van der Waals surface area contributed by atoms with E-state index in [0.29, 0.717) is 12.3 Å². The Morgan fingerprint density at radius 3 is 2.95 bits per heavy atom. The lowest BCUT2D eigenvalue weighted by Crippen LogP contribution is -2.19. The van der Waals surface area contributed by atoms with E-state index in [0.717, 1.165) is 24.3 Å². The van der Waals surface area contributed by atoms with Gasteiger partial charge in [0.1, 0.15) is 0 Å². The first-order valence-corrected chi connectivity index (χ1v) is 7.48. The van der Waals surface area contributed by atoms with Gasteiger partial charge in [0.25, 0.3) is 0 Å². The minimum atomic E-state index is 0.174. The van der Waals surface area contributed by atoms with E-state index in [2.05, 4.69) is 16.7 Å². The lowest BCUT2D eigenvalue weighted by Gasteiger charge is -2.21. The molecule has 1 aliphatic carbocycles. The highest BCUT2D eigenvalue weighted by Gasteiger charge is 2.19. The Labute approximate surface area is 114 Å². The van der Waals surface area contributed by atoms with Crippen LogP contribution in [0.1, 0.15) is 44.1 Å². The Morgan fingerprint density at radius 2 is 2.11 bits per heavy atom. The summed E-state index contributed by atoms with van der Waals surface area (Å²) in [6, 6.07) is 6.19. The highest BCUT2D eigenvalue weighted by molar-refractivity contribution is 5.95. The number of para-hydroxylation sites is 1. The van der Waals surface area contributed by atoms with Crippen LogP contribution >= 0.6 is 0 Å². The Bertz CT molecular complexity index is 464. The summed E-state index contributed by atoms with van der Waals surface area (Å²) in [4.78, 5) is 12.1. The van der Waals surface area contributed by atoms with Gasteiger partial charge in [0.15, 0.2) is 0 Å². The summed E-state index contributed by atoms with van der Waals surface area (Å²) in [5, 5.41) is 6.51. The molecule has 19 heavy (non-hydrogen) atoms. The maximum absolute atomic E-state index is 12.1. The van der Waals surface area contributed by atoms with E-state index in [4.69, 9.17) is 0 Å². The lowest BCUT2D eigenvalue weighted by atomic mass is 10.0. The summed E-state index contributed by atoms with van der Waals surface area (Å²) in [6.07, 6.45) is 7.99. The fourth-order valence-corrected chi connectivity index (χ4v) is 3.29. The van der Waals surface area contributed by atoms with Crippen LogP contribution < -0.4 is 10.6 Å². The van der Waals surface area contributed by atoms with Crippen molar-refractivity contribution in [3.63, 3.8) is 0 Å². The summed E-state index contributed by atoms with van der Waals surface area (Å²) in [6.45, 7) is 1.00. The summed E-state index contributed by atoms with van der Waals surface area (Å²) < 4.78 is 0. The molecule has 1 amide bonds. The van der Waals surface area contributed by atoms with Crippen LogP contribution in [0.5, 0.6) is 0 Å². The maximum Gasteiger partial charge on any atom is 0.224 e. The van der Waals surface area contributed by atoms with Gasteiger partial charge in [-0.25, -0.2) is 0 Å². The number of fused-ring (bicyclic) bond motifs is 1. The molecule has 0 spiro atoms. The number of rotatable bonds is 3. The van der Waals surface area contributed by atoms with Gasteiger partial charge in [-0.15, -0.1) is 0 Å². The number of aryl methyl sites for hydroxylation is 1. The zero-order valence-electron chi connectivity index (χ0n) is 11.4. The fourth-order valence-electron chi connectivity index (χ4n) is 3.29. The van der Waals surface area contributed by atoms with E-state index in [-0.39, 0.29) is 5.91 Å². The van der Waals surface area contributed by atoms with Crippen LogP contribution in [-0.4, -0.2) is 12.5 Å². The smallest absolute Gasteiger partial charge is 0.224 e. The summed E-state index contributed by atoms with van der Waals surface area (Å²) in [5.74, 6) is 0.778. The lowest BCUT2D eigenvalue weighted by molar-refractivity contribution is -0.117. The minimum Gasteiger partial charge on any atom is -0.383 e. The average Bonchev–Trinajstić information content (AvgIpc) is 2.92. The van der Waals surface area contributed by atoms with Gasteiger partial charge in [-0.3, -0.25) is 4.79 Å². The number of anilines is 2. The average molecular weight is 258 g/mol. The van der Waals surface area contributed by atoms with Crippen molar-refractivity contribution >= 4 is 17.3 Å². The second-order valence-corrected chi connectivity index (χ2v) is 5.77. The predicted molar refractivity (Wildman–Crippen MR) is 78.5 cm³/mol. The molecule has 2 N–H and O–H groups in total. The monoisotopic (exact) mass is 258 g/mol. The van der Waals surface area contributed by atoms with Crippen molar-refractivity contribution < 1.29 is 4.79 Å². The highest BCUT2D eigenvalue weighted by atomic mass is 16.1. The molecule has 3 heteroatoms. The third-order valence-electron chi connectivity index (χ3n) is 4.30. The van der Waals surface area contributed by atoms with E-state index < -0.39 is 0 Å². The summed E-state index contributed by atoms with van der Waals surface area (Å²) >= 11 is 0. The third-order valence-corrected chi connectivity index (χ3v) is 4.30. The van der Waals surface area contributed by atoms with Crippen LogP contribution in [0.3, 0.4) is 0 Å². The molecule has 102 valence electrons. The first-order valence-electron chi connectivity index (χ1n) is 7.48. The van der Waals surface area contributed by atoms with Crippen LogP contribution in [0.15, 0.2) is 18.2 Å². The Morgan fingerprint density at radius 1 is 1.26 bits per heavy atom. The maximum atomic E-state index is 12.1. The van der Waals surface area contributed by atoms with Crippen LogP contribution in [0, 0.1) is 5.92 Å². The van der Waals surface area contributed by atoms with E-state index in [1.807, 2.05) is 12.1 Å². The molecule has 0 bridgehead atoms. The van der Waals surface area contributed by atoms with Crippen molar-refractivity contribution in [2.75, 3.05) is 17.2 Å². The van der Waals surface area contributed by atoms with Crippen molar-refractivity contribution in [1.82, 2.24) is 0 Å². The molecule has 2 aliphatic rings. The Balaban J connectivity index is 1.67. The van der Waals surface area contributed by atoms with Gasteiger partial charge < -0.3 is 10.6 Å². The molecule has 1 aliphatic heterocycles. The Hall–Kier alpha value is -1.51. The molecular formula is C16H22N2O. The zero-order chi connectivity index (χ0) is 13.1. The van der Waals surface area contributed by atoms with Crippen LogP contribution in [0.4, 0.5) is 11.4 Å². The second kappa shape index (κ2) is 5.64. The summed E-state index contributed by atoms with van der Waals surface area (Å²) in [5.41, 5.74) is 3.42. The standard InChI is InChI=1S/C16H22N2O/c19-15(11-12-5-1-2-6-12)18-14-9-3-7-13-8-4-10-17-16(13)14/h3,7,9,12,17H,1-2,4-6,8,10-11H2,(H,18,19). The molecule has 1 aromatic carbocycles. The van der Waals surface area contributed by atoms with Crippen molar-refractivity contribution in [2.24, 2.45) is 5.92 Å². The molecule has 0 saturated heterocycles. The van der Waals surface area contributed by atoms with E-state index in [9.17, 15) is 4.79 Å². The normalized spacial score (nSPS) is 18.7. The number of carbonyl (C=O) groups excluding carboxylic acids is 1. The molecule has 1 saturated carbocycles. The van der Waals surface area contributed by atoms with Crippen LogP contribution in [0.2, 0.25) is 0 Å². The quantitative estimate of drug-likeness (QED) is 0.870. The first-order chi connectivity index (χ1) is 9.33. The van der Waals surface area contributed by atoms with Crippen LogP contribution in [-0.2, 0) is 11.2 Å². The molecule has 0 radical (unpaired) electrons. The number of nitrogens with one attached hydrogen (secondary N) is 2. The number of benzene rings is 1. The molecule has 0 unspecified atom stereocenters. The molecule has 3 nitrogen and oxygen atoms in total. The highest BCUT2D eigenvalue weighted by Crippen LogP contribution is 2.31. The fraction of sp³-hybridized carbons (Fsp3) is 0.562. The van der Waals surface area contributed by atoms with E-state index in [1.54, 1.807) is 0 Å². The molecule has 0 atom stereocenters. The van der Waals surface area contributed by atoms with Gasteiger partial charge >= 0.3 is 0 Å². The van der Waals surface area contributed by atoms with Gasteiger partial charge in [-0.05, 0) is 43.2 Å². The molecule has 1 fully saturated rings. The number of hydrogen-bond acceptors (Lipinski definition) is 2. The summed E-state index contributed by atoms with van der Waals surface area (Å²) in [7, 11) is 0. The third kappa shape index (κ3) is 2.91. The van der Waals surface area contributed by atoms with Crippen molar-refractivity contribution in [1.29, 1.82) is 0 Å². The van der Waals surface area contributed by atoms with Crippen LogP contribution in [0.25, 0.3) is 0 Å². The molecular weight excluding hydrogens is 236 g/mol. The minimum absolute atomic E-state index is 0.174. The SMILES string of the molecule is O=C(CC1CCCC1)Nc1cccc2c1NCCC2. The van der Waals surface area contributed by atoms with Gasteiger partial charge in [-0.1, -0.05) is 25.0 Å². The van der Waals surface area contributed by atoms with Crippen molar-refractivity contribution in [3.8, 4) is 0 Å². The first kappa shape index (κ1) is 12.5. The molecule has 1 aromatic rings. The van der Waals surface area contributed by atoms with Crippen molar-refractivity contribution in [2.45, 2.75) is 44.9 Å². The van der Waals surface area contributed by atoms with Gasteiger partial charge in [0.05, 0.1) is 11.4 Å². The van der Waals surface area contributed by atoms with Gasteiger partial charge in [-0.2, -0.15) is 0 Å². The number of hydrogen-bond donors (Lipinski definition) is 2. The van der Waals surface area contributed by atoms with E-state index in [1.165, 1.54) is 37.7 Å². The van der Waals surface area contributed by atoms with Gasteiger partial charge in [0.2, 0.25) is 5.91 Å². The zero-order valence-corrected chi connectivity index (χ0v) is 11.4.